The van der Waals surface area contributed by atoms with Crippen LogP contribution in [0.2, 0.25) is 0 Å². The van der Waals surface area contributed by atoms with Gasteiger partial charge in [-0.1, -0.05) is 37.1 Å². The number of hydrogen-bond donors (Lipinski definition) is 1. The predicted molar refractivity (Wildman–Crippen MR) is 118 cm³/mol. The third-order valence-corrected chi connectivity index (χ3v) is 4.79. The van der Waals surface area contributed by atoms with E-state index in [1.807, 2.05) is 24.3 Å². The normalized spacial score (nSPS) is 10.6. The molecule has 1 aromatic heterocycles. The van der Waals surface area contributed by atoms with Crippen LogP contribution in [0.5, 0.6) is 17.2 Å². The van der Waals surface area contributed by atoms with Crippen molar-refractivity contribution in [1.29, 1.82) is 0 Å². The highest BCUT2D eigenvalue weighted by Crippen LogP contribution is 2.41. The molecule has 0 radical (unpaired) electrons. The van der Waals surface area contributed by atoms with Crippen molar-refractivity contribution in [2.75, 3.05) is 26.6 Å². The monoisotopic (exact) mass is 425 g/mol. The average Bonchev–Trinajstić information content (AvgIpc) is 3.28. The SMILES string of the molecule is CCCCCC(=O)Nc1ccccc1-c1nc(-c2cc(OC)c(OC)c(OC)c2)no1. The van der Waals surface area contributed by atoms with E-state index in [9.17, 15) is 4.79 Å². The van der Waals surface area contributed by atoms with Crippen LogP contribution in [0.15, 0.2) is 40.9 Å². The second-order valence-corrected chi connectivity index (χ2v) is 6.89. The zero-order chi connectivity index (χ0) is 22.2. The zero-order valence-corrected chi connectivity index (χ0v) is 18.2. The van der Waals surface area contributed by atoms with E-state index in [4.69, 9.17) is 18.7 Å². The first-order chi connectivity index (χ1) is 15.1. The number of benzene rings is 2. The summed E-state index contributed by atoms with van der Waals surface area (Å²) in [6, 6.07) is 10.8. The van der Waals surface area contributed by atoms with Gasteiger partial charge in [-0.2, -0.15) is 4.98 Å². The first kappa shape index (κ1) is 22.1. The molecule has 31 heavy (non-hydrogen) atoms. The fraction of sp³-hybridized carbons (Fsp3) is 0.348. The van der Waals surface area contributed by atoms with Gasteiger partial charge in [-0.25, -0.2) is 0 Å². The van der Waals surface area contributed by atoms with Crippen molar-refractivity contribution in [3.63, 3.8) is 0 Å². The van der Waals surface area contributed by atoms with Gasteiger partial charge in [0.15, 0.2) is 11.5 Å². The van der Waals surface area contributed by atoms with E-state index in [0.29, 0.717) is 52.2 Å². The molecule has 0 aliphatic heterocycles. The molecule has 164 valence electrons. The Hall–Kier alpha value is -3.55. The summed E-state index contributed by atoms with van der Waals surface area (Å²) in [5, 5.41) is 7.04. The maximum absolute atomic E-state index is 12.3. The Bertz CT molecular complexity index is 1010. The van der Waals surface area contributed by atoms with Gasteiger partial charge in [0.05, 0.1) is 32.6 Å². The standard InChI is InChI=1S/C23H27N3O5/c1-5-6-7-12-20(27)24-17-11-9-8-10-16(17)23-25-22(26-31-23)15-13-18(28-2)21(30-4)19(14-15)29-3/h8-11,13-14H,5-7,12H2,1-4H3,(H,24,27). The summed E-state index contributed by atoms with van der Waals surface area (Å²) in [7, 11) is 4.63. The first-order valence-corrected chi connectivity index (χ1v) is 10.1. The number of ether oxygens (including phenoxy) is 3. The molecule has 0 bridgehead atoms. The van der Waals surface area contributed by atoms with Gasteiger partial charge in [-0.3, -0.25) is 4.79 Å². The largest absolute Gasteiger partial charge is 0.493 e. The van der Waals surface area contributed by atoms with Gasteiger partial charge in [-0.05, 0) is 30.7 Å². The Morgan fingerprint density at radius 2 is 1.74 bits per heavy atom. The highest BCUT2D eigenvalue weighted by atomic mass is 16.5. The Labute approximate surface area is 181 Å². The predicted octanol–water partition coefficient (Wildman–Crippen LogP) is 4.95. The van der Waals surface area contributed by atoms with E-state index in [2.05, 4.69) is 22.4 Å². The van der Waals surface area contributed by atoms with Crippen molar-refractivity contribution in [3.8, 4) is 40.1 Å². The van der Waals surface area contributed by atoms with Crippen molar-refractivity contribution in [2.24, 2.45) is 0 Å². The maximum Gasteiger partial charge on any atom is 0.260 e. The fourth-order valence-electron chi connectivity index (χ4n) is 3.19. The Morgan fingerprint density at radius 1 is 1.03 bits per heavy atom. The molecule has 8 heteroatoms. The summed E-state index contributed by atoms with van der Waals surface area (Å²) >= 11 is 0. The van der Waals surface area contributed by atoms with Crippen LogP contribution in [0.25, 0.3) is 22.8 Å². The second-order valence-electron chi connectivity index (χ2n) is 6.89. The summed E-state index contributed by atoms with van der Waals surface area (Å²) in [6.45, 7) is 2.11. The van der Waals surface area contributed by atoms with E-state index in [0.717, 1.165) is 19.3 Å². The smallest absolute Gasteiger partial charge is 0.260 e. The molecule has 1 heterocycles. The summed E-state index contributed by atoms with van der Waals surface area (Å²) in [5.41, 5.74) is 1.92. The van der Waals surface area contributed by atoms with Crippen molar-refractivity contribution in [3.05, 3.63) is 36.4 Å². The molecule has 2 aromatic carbocycles. The Balaban J connectivity index is 1.89. The van der Waals surface area contributed by atoms with Crippen LogP contribution in [-0.4, -0.2) is 37.4 Å². The summed E-state index contributed by atoms with van der Waals surface area (Å²) < 4.78 is 21.7. The van der Waals surface area contributed by atoms with Gasteiger partial charge in [0, 0.05) is 12.0 Å². The molecule has 1 N–H and O–H groups in total. The van der Waals surface area contributed by atoms with Gasteiger partial charge in [0.1, 0.15) is 0 Å². The number of unbranched alkanes of at least 4 members (excludes halogenated alkanes) is 2. The molecule has 3 aromatic rings. The molecule has 3 rings (SSSR count). The van der Waals surface area contributed by atoms with Crippen LogP contribution in [0, 0.1) is 0 Å². The van der Waals surface area contributed by atoms with E-state index >= 15 is 0 Å². The molecule has 0 saturated heterocycles. The molecule has 0 spiro atoms. The summed E-state index contributed by atoms with van der Waals surface area (Å²) in [4.78, 5) is 16.8. The molecule has 1 amide bonds. The lowest BCUT2D eigenvalue weighted by molar-refractivity contribution is -0.116. The van der Waals surface area contributed by atoms with Crippen LogP contribution in [0.3, 0.4) is 0 Å². The first-order valence-electron chi connectivity index (χ1n) is 10.1. The van der Waals surface area contributed by atoms with Gasteiger partial charge < -0.3 is 24.1 Å². The molecule has 0 atom stereocenters. The minimum atomic E-state index is -0.0368. The fourth-order valence-corrected chi connectivity index (χ4v) is 3.19. The van der Waals surface area contributed by atoms with Gasteiger partial charge in [0.2, 0.25) is 17.5 Å². The topological polar surface area (TPSA) is 95.7 Å². The molecule has 0 unspecified atom stereocenters. The molecular formula is C23H27N3O5. The number of aromatic nitrogens is 2. The van der Waals surface area contributed by atoms with Gasteiger partial charge in [-0.15, -0.1) is 0 Å². The molecule has 8 nitrogen and oxygen atoms in total. The number of methoxy groups -OCH3 is 3. The Morgan fingerprint density at radius 3 is 2.39 bits per heavy atom. The molecular weight excluding hydrogens is 398 g/mol. The van der Waals surface area contributed by atoms with Crippen molar-refractivity contribution < 1.29 is 23.5 Å². The number of nitrogens with one attached hydrogen (secondary N) is 1. The van der Waals surface area contributed by atoms with Crippen LogP contribution in [0.1, 0.15) is 32.6 Å². The number of carbonyl (C=O) groups is 1. The number of amides is 1. The lowest BCUT2D eigenvalue weighted by Gasteiger charge is -2.12. The second kappa shape index (κ2) is 10.5. The van der Waals surface area contributed by atoms with Crippen molar-refractivity contribution in [2.45, 2.75) is 32.6 Å². The number of nitrogens with zero attached hydrogens (tertiary/aromatic N) is 2. The number of carbonyl (C=O) groups excluding carboxylic acids is 1. The lowest BCUT2D eigenvalue weighted by Crippen LogP contribution is -2.11. The third-order valence-electron chi connectivity index (χ3n) is 4.79. The Kier molecular flexibility index (Phi) is 7.48. The summed E-state index contributed by atoms with van der Waals surface area (Å²) in [6.07, 6.45) is 3.42. The van der Waals surface area contributed by atoms with E-state index in [1.165, 1.54) is 0 Å². The van der Waals surface area contributed by atoms with Gasteiger partial charge in [0.25, 0.3) is 5.89 Å². The van der Waals surface area contributed by atoms with Crippen molar-refractivity contribution >= 4 is 11.6 Å². The molecule has 0 fully saturated rings. The van der Waals surface area contributed by atoms with E-state index in [-0.39, 0.29) is 5.91 Å². The van der Waals surface area contributed by atoms with Crippen molar-refractivity contribution in [1.82, 2.24) is 10.1 Å². The lowest BCUT2D eigenvalue weighted by atomic mass is 10.1. The van der Waals surface area contributed by atoms with Crippen LogP contribution < -0.4 is 19.5 Å². The number of anilines is 1. The highest BCUT2D eigenvalue weighted by Gasteiger charge is 2.19. The molecule has 0 saturated carbocycles. The quantitative estimate of drug-likeness (QED) is 0.459. The number of rotatable bonds is 10. The maximum atomic E-state index is 12.3. The van der Waals surface area contributed by atoms with Gasteiger partial charge >= 0.3 is 0 Å². The third kappa shape index (κ3) is 5.14. The minimum absolute atomic E-state index is 0.0368. The highest BCUT2D eigenvalue weighted by molar-refractivity contribution is 5.94. The molecule has 0 aliphatic rings. The van der Waals surface area contributed by atoms with Crippen LogP contribution >= 0.6 is 0 Å². The minimum Gasteiger partial charge on any atom is -0.493 e. The number of para-hydroxylation sites is 1. The summed E-state index contributed by atoms with van der Waals surface area (Å²) in [5.74, 6) is 2.08. The van der Waals surface area contributed by atoms with E-state index in [1.54, 1.807) is 33.5 Å². The number of hydrogen-bond acceptors (Lipinski definition) is 7. The van der Waals surface area contributed by atoms with Crippen LogP contribution in [0.4, 0.5) is 5.69 Å². The van der Waals surface area contributed by atoms with Crippen LogP contribution in [-0.2, 0) is 4.79 Å². The molecule has 0 aliphatic carbocycles. The zero-order valence-electron chi connectivity index (χ0n) is 18.2. The van der Waals surface area contributed by atoms with E-state index < -0.39 is 0 Å². The average molecular weight is 425 g/mol.